The molecule has 0 saturated carbocycles. The van der Waals surface area contributed by atoms with Gasteiger partial charge in [-0.05, 0) is 73.7 Å². The highest BCUT2D eigenvalue weighted by molar-refractivity contribution is 6.30. The predicted octanol–water partition coefficient (Wildman–Crippen LogP) is 5.35. The molecular formula is C19H24ClN. The Morgan fingerprint density at radius 3 is 2.33 bits per heavy atom. The third-order valence-corrected chi connectivity index (χ3v) is 4.25. The van der Waals surface area contributed by atoms with Crippen LogP contribution in [0, 0.1) is 20.8 Å². The average molecular weight is 302 g/mol. The molecule has 0 bridgehead atoms. The average Bonchev–Trinajstić information content (AvgIpc) is 2.46. The van der Waals surface area contributed by atoms with Gasteiger partial charge in [0.15, 0.2) is 0 Å². The zero-order valence-electron chi connectivity index (χ0n) is 13.3. The van der Waals surface area contributed by atoms with Crippen molar-refractivity contribution in [3.8, 4) is 0 Å². The molecule has 0 heterocycles. The second-order valence-electron chi connectivity index (χ2n) is 5.73. The Morgan fingerprint density at radius 2 is 1.67 bits per heavy atom. The molecule has 0 radical (unpaired) electrons. The summed E-state index contributed by atoms with van der Waals surface area (Å²) in [5.41, 5.74) is 6.49. The molecule has 0 aliphatic heterocycles. The number of hydrogen-bond acceptors (Lipinski definition) is 1. The molecule has 1 nitrogen and oxygen atoms in total. The van der Waals surface area contributed by atoms with Gasteiger partial charge in [0.25, 0.3) is 0 Å². The van der Waals surface area contributed by atoms with Crippen molar-refractivity contribution < 1.29 is 0 Å². The topological polar surface area (TPSA) is 12.0 Å². The van der Waals surface area contributed by atoms with Gasteiger partial charge in [-0.2, -0.15) is 0 Å². The normalized spacial score (nSPS) is 12.4. The number of benzene rings is 2. The van der Waals surface area contributed by atoms with E-state index in [4.69, 9.17) is 11.6 Å². The number of aryl methyl sites for hydroxylation is 3. The Morgan fingerprint density at radius 1 is 0.952 bits per heavy atom. The first-order valence-electron chi connectivity index (χ1n) is 7.59. The van der Waals surface area contributed by atoms with Crippen LogP contribution in [-0.4, -0.2) is 6.54 Å². The highest BCUT2D eigenvalue weighted by Crippen LogP contribution is 2.28. The van der Waals surface area contributed by atoms with Gasteiger partial charge in [-0.25, -0.2) is 0 Å². The van der Waals surface area contributed by atoms with Crippen LogP contribution >= 0.6 is 11.6 Å². The Hall–Kier alpha value is -1.31. The third kappa shape index (κ3) is 3.87. The highest BCUT2D eigenvalue weighted by atomic mass is 35.5. The van der Waals surface area contributed by atoms with E-state index in [1.54, 1.807) is 0 Å². The van der Waals surface area contributed by atoms with Gasteiger partial charge in [0, 0.05) is 5.02 Å². The van der Waals surface area contributed by atoms with E-state index in [1.807, 2.05) is 6.07 Å². The summed E-state index contributed by atoms with van der Waals surface area (Å²) in [5.74, 6) is 0. The first kappa shape index (κ1) is 16.1. The molecule has 21 heavy (non-hydrogen) atoms. The summed E-state index contributed by atoms with van der Waals surface area (Å²) >= 11 is 6.21. The summed E-state index contributed by atoms with van der Waals surface area (Å²) in [7, 11) is 0. The molecule has 1 unspecified atom stereocenters. The van der Waals surface area contributed by atoms with Gasteiger partial charge in [-0.1, -0.05) is 42.8 Å². The van der Waals surface area contributed by atoms with E-state index in [0.717, 1.165) is 18.0 Å². The number of hydrogen-bond donors (Lipinski definition) is 1. The van der Waals surface area contributed by atoms with Crippen LogP contribution in [0.2, 0.25) is 5.02 Å². The molecule has 0 amide bonds. The van der Waals surface area contributed by atoms with E-state index in [-0.39, 0.29) is 6.04 Å². The molecule has 2 heteroatoms. The lowest BCUT2D eigenvalue weighted by Gasteiger charge is -2.22. The summed E-state index contributed by atoms with van der Waals surface area (Å²) < 4.78 is 0. The number of halogens is 1. The van der Waals surface area contributed by atoms with Crippen LogP contribution in [0.4, 0.5) is 0 Å². The van der Waals surface area contributed by atoms with Crippen molar-refractivity contribution in [3.05, 3.63) is 69.2 Å². The van der Waals surface area contributed by atoms with Crippen LogP contribution < -0.4 is 5.32 Å². The maximum atomic E-state index is 6.21. The fourth-order valence-corrected chi connectivity index (χ4v) is 2.74. The van der Waals surface area contributed by atoms with Gasteiger partial charge in [0.2, 0.25) is 0 Å². The van der Waals surface area contributed by atoms with E-state index in [1.165, 1.54) is 27.8 Å². The molecule has 0 saturated heterocycles. The quantitative estimate of drug-likeness (QED) is 0.784. The van der Waals surface area contributed by atoms with E-state index in [0.29, 0.717) is 0 Å². The van der Waals surface area contributed by atoms with Gasteiger partial charge >= 0.3 is 0 Å². The Labute approximate surface area is 133 Å². The van der Waals surface area contributed by atoms with Crippen molar-refractivity contribution in [1.29, 1.82) is 0 Å². The minimum Gasteiger partial charge on any atom is -0.306 e. The molecule has 2 aromatic carbocycles. The molecule has 112 valence electrons. The fourth-order valence-electron chi connectivity index (χ4n) is 2.56. The summed E-state index contributed by atoms with van der Waals surface area (Å²) in [5, 5.41) is 4.45. The summed E-state index contributed by atoms with van der Waals surface area (Å²) in [4.78, 5) is 0. The van der Waals surface area contributed by atoms with Crippen LogP contribution in [0.1, 0.15) is 47.2 Å². The highest BCUT2D eigenvalue weighted by Gasteiger charge is 2.16. The minimum atomic E-state index is 0.197. The number of nitrogens with one attached hydrogen (secondary N) is 1. The third-order valence-electron chi connectivity index (χ3n) is 4.02. The second-order valence-corrected chi connectivity index (χ2v) is 6.17. The van der Waals surface area contributed by atoms with Crippen molar-refractivity contribution in [2.75, 3.05) is 6.54 Å². The second kappa shape index (κ2) is 7.11. The van der Waals surface area contributed by atoms with Gasteiger partial charge in [0.1, 0.15) is 0 Å². The molecule has 1 atom stereocenters. The van der Waals surface area contributed by atoms with E-state index in [2.05, 4.69) is 63.3 Å². The van der Waals surface area contributed by atoms with Gasteiger partial charge in [-0.15, -0.1) is 0 Å². The zero-order chi connectivity index (χ0) is 15.4. The lowest BCUT2D eigenvalue weighted by atomic mass is 9.93. The smallest absolute Gasteiger partial charge is 0.0579 e. The lowest BCUT2D eigenvalue weighted by molar-refractivity contribution is 0.596. The van der Waals surface area contributed by atoms with E-state index in [9.17, 15) is 0 Å². The minimum absolute atomic E-state index is 0.197. The molecule has 0 fully saturated rings. The van der Waals surface area contributed by atoms with Crippen molar-refractivity contribution in [1.82, 2.24) is 5.32 Å². The van der Waals surface area contributed by atoms with Crippen molar-refractivity contribution >= 4 is 11.6 Å². The number of rotatable bonds is 5. The van der Waals surface area contributed by atoms with Crippen LogP contribution in [0.15, 0.2) is 36.4 Å². The predicted molar refractivity (Wildman–Crippen MR) is 92.2 cm³/mol. The van der Waals surface area contributed by atoms with Crippen LogP contribution in [0.5, 0.6) is 0 Å². The zero-order valence-corrected chi connectivity index (χ0v) is 14.1. The van der Waals surface area contributed by atoms with Gasteiger partial charge in [-0.3, -0.25) is 0 Å². The maximum Gasteiger partial charge on any atom is 0.0579 e. The summed E-state index contributed by atoms with van der Waals surface area (Å²) in [6.45, 7) is 9.64. The SMILES string of the molecule is CCCNC(c1ccc(C)c(C)c1)c1cc(Cl)ccc1C. The summed E-state index contributed by atoms with van der Waals surface area (Å²) in [6.07, 6.45) is 1.11. The largest absolute Gasteiger partial charge is 0.306 e. The molecule has 2 rings (SSSR count). The molecular weight excluding hydrogens is 278 g/mol. The Bertz CT molecular complexity index is 619. The standard InChI is InChI=1S/C19H24ClN/c1-5-10-21-19(16-8-6-13(2)15(4)11-16)18-12-17(20)9-7-14(18)3/h6-9,11-12,19,21H,5,10H2,1-4H3. The lowest BCUT2D eigenvalue weighted by Crippen LogP contribution is -2.24. The Kier molecular flexibility index (Phi) is 5.44. The Balaban J connectivity index is 2.46. The summed E-state index contributed by atoms with van der Waals surface area (Å²) in [6, 6.07) is 13.0. The first-order chi connectivity index (χ1) is 10.0. The maximum absolute atomic E-state index is 6.21. The van der Waals surface area contributed by atoms with E-state index >= 15 is 0 Å². The molecule has 0 aliphatic carbocycles. The molecule has 0 spiro atoms. The van der Waals surface area contributed by atoms with Crippen molar-refractivity contribution in [2.45, 2.75) is 40.2 Å². The molecule has 0 aromatic heterocycles. The molecule has 0 aliphatic rings. The van der Waals surface area contributed by atoms with E-state index < -0.39 is 0 Å². The van der Waals surface area contributed by atoms with Gasteiger partial charge in [0.05, 0.1) is 6.04 Å². The van der Waals surface area contributed by atoms with Crippen molar-refractivity contribution in [2.24, 2.45) is 0 Å². The monoisotopic (exact) mass is 301 g/mol. The molecule has 1 N–H and O–H groups in total. The first-order valence-corrected chi connectivity index (χ1v) is 7.97. The van der Waals surface area contributed by atoms with Crippen molar-refractivity contribution in [3.63, 3.8) is 0 Å². The van der Waals surface area contributed by atoms with Crippen LogP contribution in [0.25, 0.3) is 0 Å². The van der Waals surface area contributed by atoms with Crippen LogP contribution in [0.3, 0.4) is 0 Å². The molecule has 2 aromatic rings. The van der Waals surface area contributed by atoms with Gasteiger partial charge < -0.3 is 5.32 Å². The fraction of sp³-hybridized carbons (Fsp3) is 0.368. The van der Waals surface area contributed by atoms with Crippen LogP contribution in [-0.2, 0) is 0 Å².